The fourth-order valence-electron chi connectivity index (χ4n) is 2.39. The Hall–Kier alpha value is -2.57. The Labute approximate surface area is 134 Å². The first-order valence-corrected chi connectivity index (χ1v) is 7.73. The van der Waals surface area contributed by atoms with Gasteiger partial charge in [0.25, 0.3) is 5.91 Å². The van der Waals surface area contributed by atoms with E-state index in [4.69, 9.17) is 5.11 Å². The molecule has 1 heterocycles. The van der Waals surface area contributed by atoms with Gasteiger partial charge < -0.3 is 15.7 Å². The van der Waals surface area contributed by atoms with Crippen LogP contribution in [0.1, 0.15) is 36.0 Å². The monoisotopic (exact) mass is 319 g/mol. The van der Waals surface area contributed by atoms with Crippen LogP contribution >= 0.6 is 0 Å². The molecule has 1 aromatic carbocycles. The van der Waals surface area contributed by atoms with E-state index in [0.717, 1.165) is 18.5 Å². The van der Waals surface area contributed by atoms with Gasteiger partial charge in [-0.2, -0.15) is 0 Å². The van der Waals surface area contributed by atoms with Crippen LogP contribution in [0.15, 0.2) is 24.3 Å². The predicted octanol–water partition coefficient (Wildman–Crippen LogP) is 1.59. The van der Waals surface area contributed by atoms with Crippen molar-refractivity contribution in [2.75, 3.05) is 24.5 Å². The van der Waals surface area contributed by atoms with Crippen molar-refractivity contribution in [3.05, 3.63) is 29.8 Å². The van der Waals surface area contributed by atoms with Crippen LogP contribution in [0.2, 0.25) is 0 Å². The zero-order valence-electron chi connectivity index (χ0n) is 12.9. The molecule has 1 aliphatic rings. The van der Waals surface area contributed by atoms with Crippen molar-refractivity contribution in [1.29, 1.82) is 0 Å². The number of rotatable bonds is 8. The molecule has 2 rings (SSSR count). The summed E-state index contributed by atoms with van der Waals surface area (Å²) in [4.78, 5) is 35.5. The average Bonchev–Trinajstić information content (AvgIpc) is 2.96. The van der Waals surface area contributed by atoms with Gasteiger partial charge in [-0.25, -0.2) is 4.79 Å². The second-order valence-electron chi connectivity index (χ2n) is 5.39. The molecule has 3 amide bonds. The smallest absolute Gasteiger partial charge is 0.321 e. The van der Waals surface area contributed by atoms with Crippen molar-refractivity contribution in [1.82, 2.24) is 10.6 Å². The van der Waals surface area contributed by atoms with Crippen molar-refractivity contribution < 1.29 is 19.5 Å². The highest BCUT2D eigenvalue weighted by atomic mass is 16.4. The van der Waals surface area contributed by atoms with Crippen LogP contribution in [0, 0.1) is 0 Å². The van der Waals surface area contributed by atoms with E-state index in [9.17, 15) is 14.4 Å². The summed E-state index contributed by atoms with van der Waals surface area (Å²) in [5.74, 6) is -0.957. The molecule has 0 saturated carbocycles. The molecule has 0 radical (unpaired) electrons. The maximum absolute atomic E-state index is 12.0. The molecule has 7 nitrogen and oxygen atoms in total. The van der Waals surface area contributed by atoms with Crippen LogP contribution in [0.3, 0.4) is 0 Å². The topological polar surface area (TPSA) is 98.7 Å². The molecule has 1 fully saturated rings. The summed E-state index contributed by atoms with van der Waals surface area (Å²) in [6, 6.07) is 6.78. The van der Waals surface area contributed by atoms with E-state index in [1.807, 2.05) is 0 Å². The highest BCUT2D eigenvalue weighted by Crippen LogP contribution is 2.17. The van der Waals surface area contributed by atoms with Gasteiger partial charge in [0.2, 0.25) is 0 Å². The van der Waals surface area contributed by atoms with E-state index in [-0.39, 0.29) is 18.4 Å². The summed E-state index contributed by atoms with van der Waals surface area (Å²) in [6.07, 6.45) is 2.32. The minimum Gasteiger partial charge on any atom is -0.481 e. The third-order valence-corrected chi connectivity index (χ3v) is 3.65. The van der Waals surface area contributed by atoms with Gasteiger partial charge in [0.15, 0.2) is 0 Å². The number of hydrogen-bond acceptors (Lipinski definition) is 3. The lowest BCUT2D eigenvalue weighted by molar-refractivity contribution is -0.137. The molecule has 1 saturated heterocycles. The fraction of sp³-hybridized carbons (Fsp3) is 0.438. The van der Waals surface area contributed by atoms with Crippen LogP contribution in [0.4, 0.5) is 10.5 Å². The minimum atomic E-state index is -0.791. The molecule has 0 atom stereocenters. The quantitative estimate of drug-likeness (QED) is 0.634. The molecule has 0 spiro atoms. The first-order chi connectivity index (χ1) is 11.1. The Morgan fingerprint density at radius 2 is 1.91 bits per heavy atom. The van der Waals surface area contributed by atoms with Crippen molar-refractivity contribution in [2.45, 2.75) is 25.7 Å². The number of urea groups is 1. The largest absolute Gasteiger partial charge is 0.481 e. The van der Waals surface area contributed by atoms with Gasteiger partial charge in [-0.15, -0.1) is 0 Å². The predicted molar refractivity (Wildman–Crippen MR) is 85.6 cm³/mol. The van der Waals surface area contributed by atoms with Crippen LogP contribution in [-0.4, -0.2) is 42.6 Å². The number of carboxylic acids is 1. The Morgan fingerprint density at radius 3 is 2.52 bits per heavy atom. The van der Waals surface area contributed by atoms with Crippen LogP contribution < -0.4 is 15.5 Å². The zero-order chi connectivity index (χ0) is 16.7. The lowest BCUT2D eigenvalue weighted by Crippen LogP contribution is -2.28. The van der Waals surface area contributed by atoms with E-state index in [2.05, 4.69) is 10.6 Å². The van der Waals surface area contributed by atoms with Crippen LogP contribution in [-0.2, 0) is 4.79 Å². The number of anilines is 1. The Bertz CT molecular complexity index is 571. The molecule has 124 valence electrons. The number of amides is 3. The normalized spacial score (nSPS) is 13.7. The number of benzene rings is 1. The number of nitrogens with zero attached hydrogens (tertiary/aromatic N) is 1. The number of hydrogen-bond donors (Lipinski definition) is 3. The first kappa shape index (κ1) is 16.8. The van der Waals surface area contributed by atoms with Crippen LogP contribution in [0.25, 0.3) is 0 Å². The van der Waals surface area contributed by atoms with E-state index >= 15 is 0 Å². The molecular formula is C16H21N3O4. The molecule has 0 unspecified atom stereocenters. The number of carbonyl (C=O) groups is 3. The van der Waals surface area contributed by atoms with Gasteiger partial charge in [0, 0.05) is 37.3 Å². The highest BCUT2D eigenvalue weighted by Gasteiger charge is 2.21. The number of aliphatic carboxylic acids is 1. The Kier molecular flexibility index (Phi) is 5.96. The molecular weight excluding hydrogens is 298 g/mol. The number of unbranched alkanes of at least 4 members (excludes halogenated alkanes) is 2. The minimum absolute atomic E-state index is 0.122. The van der Waals surface area contributed by atoms with E-state index in [1.165, 1.54) is 0 Å². The zero-order valence-corrected chi connectivity index (χ0v) is 12.9. The van der Waals surface area contributed by atoms with Gasteiger partial charge >= 0.3 is 12.0 Å². The summed E-state index contributed by atoms with van der Waals surface area (Å²) in [5.41, 5.74) is 1.31. The third-order valence-electron chi connectivity index (χ3n) is 3.65. The number of nitrogens with one attached hydrogen (secondary N) is 2. The van der Waals surface area contributed by atoms with E-state index in [0.29, 0.717) is 31.6 Å². The molecule has 0 bridgehead atoms. The van der Waals surface area contributed by atoms with Crippen molar-refractivity contribution in [3.63, 3.8) is 0 Å². The lowest BCUT2D eigenvalue weighted by Gasteiger charge is -2.14. The maximum Gasteiger partial charge on any atom is 0.321 e. The Morgan fingerprint density at radius 1 is 1.17 bits per heavy atom. The second-order valence-corrected chi connectivity index (χ2v) is 5.39. The number of carbonyl (C=O) groups excluding carboxylic acids is 2. The SMILES string of the molecule is O=C(O)CCCCCNC(=O)c1ccc(N2CCNC2=O)cc1. The van der Waals surface area contributed by atoms with Gasteiger partial charge in [-0.1, -0.05) is 6.42 Å². The Balaban J connectivity index is 1.74. The summed E-state index contributed by atoms with van der Waals surface area (Å²) in [6.45, 7) is 1.78. The van der Waals surface area contributed by atoms with Crippen molar-refractivity contribution in [3.8, 4) is 0 Å². The molecule has 7 heteroatoms. The lowest BCUT2D eigenvalue weighted by atomic mass is 10.1. The first-order valence-electron chi connectivity index (χ1n) is 7.73. The highest BCUT2D eigenvalue weighted by molar-refractivity contribution is 5.96. The van der Waals surface area contributed by atoms with Crippen LogP contribution in [0.5, 0.6) is 0 Å². The average molecular weight is 319 g/mol. The molecule has 1 aromatic rings. The van der Waals surface area contributed by atoms with Gasteiger partial charge in [-0.05, 0) is 37.1 Å². The summed E-state index contributed by atoms with van der Waals surface area (Å²) >= 11 is 0. The molecule has 23 heavy (non-hydrogen) atoms. The fourth-order valence-corrected chi connectivity index (χ4v) is 2.39. The van der Waals surface area contributed by atoms with Crippen molar-refractivity contribution >= 4 is 23.6 Å². The van der Waals surface area contributed by atoms with Gasteiger partial charge in [-0.3, -0.25) is 14.5 Å². The summed E-state index contributed by atoms with van der Waals surface area (Å²) in [7, 11) is 0. The van der Waals surface area contributed by atoms with E-state index in [1.54, 1.807) is 29.2 Å². The number of carboxylic acid groups (broad SMARTS) is 1. The van der Waals surface area contributed by atoms with E-state index < -0.39 is 5.97 Å². The van der Waals surface area contributed by atoms with Gasteiger partial charge in [0.05, 0.1) is 0 Å². The van der Waals surface area contributed by atoms with Crippen molar-refractivity contribution in [2.24, 2.45) is 0 Å². The van der Waals surface area contributed by atoms with Gasteiger partial charge in [0.1, 0.15) is 0 Å². The standard InChI is InChI=1S/C16H21N3O4/c20-14(21)4-2-1-3-9-17-15(22)12-5-7-13(8-6-12)19-11-10-18-16(19)23/h5-8H,1-4,9-11H2,(H,17,22)(H,18,23)(H,20,21). The molecule has 0 aromatic heterocycles. The molecule has 0 aliphatic carbocycles. The molecule has 3 N–H and O–H groups in total. The summed E-state index contributed by atoms with van der Waals surface area (Å²) < 4.78 is 0. The third kappa shape index (κ3) is 4.98. The summed E-state index contributed by atoms with van der Waals surface area (Å²) in [5, 5.41) is 14.1. The maximum atomic E-state index is 12.0. The molecule has 1 aliphatic heterocycles. The second kappa shape index (κ2) is 8.17.